The molecular formula is C20H19NO. The van der Waals surface area contributed by atoms with Crippen LogP contribution in [0.25, 0.3) is 11.1 Å². The van der Waals surface area contributed by atoms with Crippen LogP contribution < -0.4 is 4.74 Å². The minimum atomic E-state index is 0.624. The van der Waals surface area contributed by atoms with Crippen LogP contribution in [0.5, 0.6) is 5.88 Å². The molecule has 2 aromatic carbocycles. The first kappa shape index (κ1) is 14.3. The molecule has 110 valence electrons. The van der Waals surface area contributed by atoms with Gasteiger partial charge < -0.3 is 4.74 Å². The zero-order chi connectivity index (χ0) is 15.2. The van der Waals surface area contributed by atoms with E-state index in [-0.39, 0.29) is 0 Å². The van der Waals surface area contributed by atoms with Crippen molar-refractivity contribution in [2.45, 2.75) is 13.3 Å². The van der Waals surface area contributed by atoms with E-state index in [1.54, 1.807) is 0 Å². The Balaban J connectivity index is 1.97. The van der Waals surface area contributed by atoms with E-state index in [4.69, 9.17) is 4.74 Å². The fourth-order valence-corrected chi connectivity index (χ4v) is 2.50. The number of hydrogen-bond donors (Lipinski definition) is 0. The Bertz CT molecular complexity index is 723. The van der Waals surface area contributed by atoms with Crippen molar-refractivity contribution in [2.24, 2.45) is 0 Å². The van der Waals surface area contributed by atoms with Crippen molar-refractivity contribution in [3.63, 3.8) is 0 Å². The molecule has 2 nitrogen and oxygen atoms in total. The quantitative estimate of drug-likeness (QED) is 0.677. The Morgan fingerprint density at radius 3 is 2.23 bits per heavy atom. The van der Waals surface area contributed by atoms with Gasteiger partial charge in [-0.25, -0.2) is 4.98 Å². The zero-order valence-corrected chi connectivity index (χ0v) is 12.7. The van der Waals surface area contributed by atoms with Crippen molar-refractivity contribution in [3.05, 3.63) is 84.1 Å². The lowest BCUT2D eigenvalue weighted by molar-refractivity contribution is 0.323. The van der Waals surface area contributed by atoms with Gasteiger partial charge in [0.1, 0.15) is 0 Å². The Hall–Kier alpha value is -2.61. The van der Waals surface area contributed by atoms with Crippen LogP contribution in [0.15, 0.2) is 72.9 Å². The highest BCUT2D eigenvalue weighted by Crippen LogP contribution is 2.26. The van der Waals surface area contributed by atoms with Gasteiger partial charge in [-0.05, 0) is 24.1 Å². The Morgan fingerprint density at radius 2 is 1.55 bits per heavy atom. The lowest BCUT2D eigenvalue weighted by atomic mass is 10.0. The van der Waals surface area contributed by atoms with E-state index in [1.807, 2.05) is 37.4 Å². The third-order valence-corrected chi connectivity index (χ3v) is 3.55. The summed E-state index contributed by atoms with van der Waals surface area (Å²) < 4.78 is 5.69. The first-order valence-electron chi connectivity index (χ1n) is 7.58. The largest absolute Gasteiger partial charge is 0.478 e. The normalized spacial score (nSPS) is 10.4. The molecule has 0 spiro atoms. The highest BCUT2D eigenvalue weighted by atomic mass is 16.5. The predicted molar refractivity (Wildman–Crippen MR) is 90.1 cm³/mol. The molecule has 0 saturated carbocycles. The molecular weight excluding hydrogens is 270 g/mol. The molecule has 0 aliphatic heterocycles. The SMILES string of the molecule is CCOc1ncc(-c2ccccc2)cc1Cc1ccccc1. The molecule has 3 aromatic rings. The molecule has 0 N–H and O–H groups in total. The average Bonchev–Trinajstić information content (AvgIpc) is 2.58. The molecule has 0 fully saturated rings. The monoisotopic (exact) mass is 289 g/mol. The third kappa shape index (κ3) is 3.34. The summed E-state index contributed by atoms with van der Waals surface area (Å²) in [5.41, 5.74) is 4.67. The van der Waals surface area contributed by atoms with Crippen molar-refractivity contribution in [1.82, 2.24) is 4.98 Å². The molecule has 22 heavy (non-hydrogen) atoms. The smallest absolute Gasteiger partial charge is 0.216 e. The molecule has 1 heterocycles. The highest BCUT2D eigenvalue weighted by Gasteiger charge is 2.09. The molecule has 1 aromatic heterocycles. The number of hydrogen-bond acceptors (Lipinski definition) is 2. The number of ether oxygens (including phenoxy) is 1. The first-order chi connectivity index (χ1) is 10.9. The maximum absolute atomic E-state index is 5.69. The van der Waals surface area contributed by atoms with Crippen LogP contribution in [0.2, 0.25) is 0 Å². The fourth-order valence-electron chi connectivity index (χ4n) is 2.50. The van der Waals surface area contributed by atoms with E-state index < -0.39 is 0 Å². The minimum Gasteiger partial charge on any atom is -0.478 e. The van der Waals surface area contributed by atoms with Gasteiger partial charge in [-0.2, -0.15) is 0 Å². The van der Waals surface area contributed by atoms with Crippen LogP contribution in [0.4, 0.5) is 0 Å². The Labute approximate surface area is 131 Å². The molecule has 0 aliphatic rings. The predicted octanol–water partition coefficient (Wildman–Crippen LogP) is 4.74. The van der Waals surface area contributed by atoms with Gasteiger partial charge in [0.15, 0.2) is 0 Å². The molecule has 0 bridgehead atoms. The first-order valence-corrected chi connectivity index (χ1v) is 7.58. The molecule has 0 aliphatic carbocycles. The van der Waals surface area contributed by atoms with Crippen LogP contribution in [-0.4, -0.2) is 11.6 Å². The summed E-state index contributed by atoms with van der Waals surface area (Å²) in [6.07, 6.45) is 2.71. The molecule has 0 atom stereocenters. The summed E-state index contributed by atoms with van der Waals surface area (Å²) in [4.78, 5) is 4.52. The van der Waals surface area contributed by atoms with E-state index >= 15 is 0 Å². The van der Waals surface area contributed by atoms with Crippen molar-refractivity contribution >= 4 is 0 Å². The maximum atomic E-state index is 5.69. The molecule has 0 radical (unpaired) electrons. The summed E-state index contributed by atoms with van der Waals surface area (Å²) in [7, 11) is 0. The summed E-state index contributed by atoms with van der Waals surface area (Å²) in [5, 5.41) is 0. The minimum absolute atomic E-state index is 0.624. The fraction of sp³-hybridized carbons (Fsp3) is 0.150. The van der Waals surface area contributed by atoms with Crippen LogP contribution in [0, 0.1) is 0 Å². The molecule has 0 amide bonds. The third-order valence-electron chi connectivity index (χ3n) is 3.55. The van der Waals surface area contributed by atoms with E-state index in [0.717, 1.165) is 23.4 Å². The molecule has 3 rings (SSSR count). The maximum Gasteiger partial charge on any atom is 0.216 e. The van der Waals surface area contributed by atoms with Gasteiger partial charge in [0, 0.05) is 23.7 Å². The van der Waals surface area contributed by atoms with E-state index in [2.05, 4.69) is 47.4 Å². The Morgan fingerprint density at radius 1 is 0.864 bits per heavy atom. The number of pyridine rings is 1. The lowest BCUT2D eigenvalue weighted by Gasteiger charge is -2.11. The second-order valence-electron chi connectivity index (χ2n) is 5.15. The Kier molecular flexibility index (Phi) is 4.50. The van der Waals surface area contributed by atoms with Gasteiger partial charge in [-0.1, -0.05) is 60.7 Å². The standard InChI is InChI=1S/C20H19NO/c1-2-22-20-18(13-16-9-5-3-6-10-16)14-19(15-21-20)17-11-7-4-8-12-17/h3-12,14-15H,2,13H2,1H3. The highest BCUT2D eigenvalue weighted by molar-refractivity contribution is 5.64. The molecule has 2 heteroatoms. The molecule has 0 unspecified atom stereocenters. The van der Waals surface area contributed by atoms with E-state index in [9.17, 15) is 0 Å². The summed E-state index contributed by atoms with van der Waals surface area (Å²) in [5.74, 6) is 0.728. The number of rotatable bonds is 5. The van der Waals surface area contributed by atoms with Crippen LogP contribution >= 0.6 is 0 Å². The second-order valence-corrected chi connectivity index (χ2v) is 5.15. The van der Waals surface area contributed by atoms with Crippen molar-refractivity contribution in [2.75, 3.05) is 6.61 Å². The van der Waals surface area contributed by atoms with E-state index in [1.165, 1.54) is 11.1 Å². The average molecular weight is 289 g/mol. The zero-order valence-electron chi connectivity index (χ0n) is 12.7. The van der Waals surface area contributed by atoms with Gasteiger partial charge in [0.05, 0.1) is 6.61 Å². The van der Waals surface area contributed by atoms with Gasteiger partial charge in [-0.15, -0.1) is 0 Å². The van der Waals surface area contributed by atoms with Crippen molar-refractivity contribution in [1.29, 1.82) is 0 Å². The summed E-state index contributed by atoms with van der Waals surface area (Å²) in [6.45, 7) is 2.61. The van der Waals surface area contributed by atoms with Crippen LogP contribution in [0.1, 0.15) is 18.1 Å². The van der Waals surface area contributed by atoms with Crippen LogP contribution in [-0.2, 0) is 6.42 Å². The van der Waals surface area contributed by atoms with Crippen molar-refractivity contribution < 1.29 is 4.74 Å². The summed E-state index contributed by atoms with van der Waals surface area (Å²) >= 11 is 0. The second kappa shape index (κ2) is 6.90. The lowest BCUT2D eigenvalue weighted by Crippen LogP contribution is -2.01. The molecule has 0 saturated heterocycles. The number of aromatic nitrogens is 1. The van der Waals surface area contributed by atoms with Gasteiger partial charge in [-0.3, -0.25) is 0 Å². The van der Waals surface area contributed by atoms with Crippen LogP contribution in [0.3, 0.4) is 0 Å². The van der Waals surface area contributed by atoms with Gasteiger partial charge in [0.2, 0.25) is 5.88 Å². The van der Waals surface area contributed by atoms with Gasteiger partial charge in [0.25, 0.3) is 0 Å². The number of benzene rings is 2. The number of nitrogens with zero attached hydrogens (tertiary/aromatic N) is 1. The van der Waals surface area contributed by atoms with Gasteiger partial charge >= 0.3 is 0 Å². The topological polar surface area (TPSA) is 22.1 Å². The summed E-state index contributed by atoms with van der Waals surface area (Å²) in [6, 6.07) is 22.9. The van der Waals surface area contributed by atoms with Crippen molar-refractivity contribution in [3.8, 4) is 17.0 Å². The van der Waals surface area contributed by atoms with E-state index in [0.29, 0.717) is 6.61 Å².